The van der Waals surface area contributed by atoms with Gasteiger partial charge in [0.15, 0.2) is 5.82 Å². The van der Waals surface area contributed by atoms with Gasteiger partial charge in [0.2, 0.25) is 0 Å². The molecule has 0 saturated carbocycles. The molecule has 0 unspecified atom stereocenters. The van der Waals surface area contributed by atoms with Crippen molar-refractivity contribution in [1.29, 1.82) is 0 Å². The van der Waals surface area contributed by atoms with Crippen LogP contribution in [0, 0.1) is 5.92 Å². The van der Waals surface area contributed by atoms with Gasteiger partial charge in [0.05, 0.1) is 5.52 Å². The summed E-state index contributed by atoms with van der Waals surface area (Å²) in [6, 6.07) is 0. The molecule has 3 rings (SSSR count). The minimum atomic E-state index is 0.603. The number of anilines is 1. The van der Waals surface area contributed by atoms with Crippen molar-refractivity contribution >= 4 is 16.9 Å². The first-order chi connectivity index (χ1) is 9.61. The van der Waals surface area contributed by atoms with Crippen molar-refractivity contribution in [3.8, 4) is 0 Å². The van der Waals surface area contributed by atoms with E-state index in [0.29, 0.717) is 11.7 Å². The normalized spacial score (nSPS) is 15.0. The van der Waals surface area contributed by atoms with E-state index in [1.807, 2.05) is 0 Å². The van der Waals surface area contributed by atoms with E-state index in [1.54, 1.807) is 0 Å². The number of nitrogen functional groups attached to an aromatic ring is 1. The fraction of sp³-hybridized carbons (Fsp3) is 0.625. The predicted octanol–water partition coefficient (Wildman–Crippen LogP) is 3.11. The highest BCUT2D eigenvalue weighted by Crippen LogP contribution is 2.32. The predicted molar refractivity (Wildman–Crippen MR) is 82.8 cm³/mol. The van der Waals surface area contributed by atoms with Crippen molar-refractivity contribution in [2.75, 3.05) is 5.73 Å². The van der Waals surface area contributed by atoms with Crippen LogP contribution >= 0.6 is 0 Å². The molecule has 2 N–H and O–H groups in total. The Balaban J connectivity index is 2.31. The third-order valence-electron chi connectivity index (χ3n) is 4.13. The van der Waals surface area contributed by atoms with Gasteiger partial charge in [-0.15, -0.1) is 0 Å². The maximum Gasteiger partial charge on any atom is 0.151 e. The Hall–Kier alpha value is -1.58. The van der Waals surface area contributed by atoms with Gasteiger partial charge in [-0.25, -0.2) is 9.97 Å². The first-order valence-corrected chi connectivity index (χ1v) is 7.78. The van der Waals surface area contributed by atoms with Crippen molar-refractivity contribution in [3.63, 3.8) is 0 Å². The summed E-state index contributed by atoms with van der Waals surface area (Å²) < 4.78 is 2.39. The van der Waals surface area contributed by atoms with Gasteiger partial charge in [-0.1, -0.05) is 20.8 Å². The van der Waals surface area contributed by atoms with Gasteiger partial charge in [0.25, 0.3) is 0 Å². The number of imidazole rings is 1. The highest BCUT2D eigenvalue weighted by atomic mass is 15.1. The third kappa shape index (κ3) is 2.07. The number of aryl methyl sites for hydroxylation is 3. The second-order valence-corrected chi connectivity index (χ2v) is 6.21. The van der Waals surface area contributed by atoms with Crippen LogP contribution in [0.3, 0.4) is 0 Å². The molecule has 1 aliphatic rings. The van der Waals surface area contributed by atoms with E-state index in [9.17, 15) is 0 Å². The molecule has 0 aliphatic heterocycles. The molecule has 0 atom stereocenters. The molecule has 20 heavy (non-hydrogen) atoms. The summed E-state index contributed by atoms with van der Waals surface area (Å²) >= 11 is 0. The highest BCUT2D eigenvalue weighted by molar-refractivity contribution is 5.89. The van der Waals surface area contributed by atoms with Crippen LogP contribution in [0.25, 0.3) is 11.0 Å². The Labute approximate surface area is 120 Å². The lowest BCUT2D eigenvalue weighted by atomic mass is 9.94. The van der Waals surface area contributed by atoms with Crippen LogP contribution in [0.5, 0.6) is 0 Å². The molecular weight excluding hydrogens is 248 g/mol. The monoisotopic (exact) mass is 272 g/mol. The molecule has 0 aromatic carbocycles. The van der Waals surface area contributed by atoms with Crippen LogP contribution in [-0.2, 0) is 25.8 Å². The van der Waals surface area contributed by atoms with Crippen molar-refractivity contribution < 1.29 is 0 Å². The fourth-order valence-corrected chi connectivity index (χ4v) is 3.28. The minimum Gasteiger partial charge on any atom is -0.382 e. The molecule has 0 radical (unpaired) electrons. The van der Waals surface area contributed by atoms with E-state index >= 15 is 0 Å². The Morgan fingerprint density at radius 2 is 1.95 bits per heavy atom. The number of fused-ring (bicyclic) bond motifs is 3. The minimum absolute atomic E-state index is 0.603. The zero-order valence-electron chi connectivity index (χ0n) is 12.7. The fourth-order valence-electron chi connectivity index (χ4n) is 3.28. The Morgan fingerprint density at radius 3 is 2.65 bits per heavy atom. The van der Waals surface area contributed by atoms with E-state index in [1.165, 1.54) is 29.6 Å². The maximum absolute atomic E-state index is 6.16. The van der Waals surface area contributed by atoms with Gasteiger partial charge in [-0.05, 0) is 37.2 Å². The lowest BCUT2D eigenvalue weighted by Crippen LogP contribution is -2.13. The summed E-state index contributed by atoms with van der Waals surface area (Å²) in [5.41, 5.74) is 10.9. The van der Waals surface area contributed by atoms with Crippen LogP contribution < -0.4 is 5.73 Å². The molecule has 2 heterocycles. The molecule has 0 spiro atoms. The molecule has 2 aromatic rings. The molecule has 0 amide bonds. The molecule has 0 bridgehead atoms. The highest BCUT2D eigenvalue weighted by Gasteiger charge is 2.22. The van der Waals surface area contributed by atoms with Crippen molar-refractivity contribution in [2.45, 2.75) is 59.4 Å². The lowest BCUT2D eigenvalue weighted by Gasteiger charge is -2.19. The number of aromatic nitrogens is 3. The summed E-state index contributed by atoms with van der Waals surface area (Å²) in [6.07, 6.45) is 5.59. The van der Waals surface area contributed by atoms with Gasteiger partial charge in [0.1, 0.15) is 11.3 Å². The molecule has 2 aromatic heterocycles. The second kappa shape index (κ2) is 5.08. The summed E-state index contributed by atoms with van der Waals surface area (Å²) in [7, 11) is 0. The van der Waals surface area contributed by atoms with Crippen molar-refractivity contribution in [1.82, 2.24) is 14.5 Å². The van der Waals surface area contributed by atoms with Crippen LogP contribution in [-0.4, -0.2) is 14.5 Å². The van der Waals surface area contributed by atoms with E-state index in [0.717, 1.165) is 37.1 Å². The third-order valence-corrected chi connectivity index (χ3v) is 4.13. The molecule has 1 aliphatic carbocycles. The number of hydrogen-bond acceptors (Lipinski definition) is 3. The first-order valence-electron chi connectivity index (χ1n) is 7.78. The standard InChI is InChI=1S/C16H24N4/c1-4-13-19-14-15(20(13)9-10(2)3)11-7-5-6-8-12(11)18-16(14)17/h10H,4-9H2,1-3H3,(H2,17,18). The number of nitrogens with two attached hydrogens (primary N) is 1. The van der Waals surface area contributed by atoms with Crippen LogP contribution in [0.4, 0.5) is 5.82 Å². The number of hydrogen-bond donors (Lipinski definition) is 1. The summed E-state index contributed by atoms with van der Waals surface area (Å²) in [5.74, 6) is 2.35. The molecule has 0 saturated heterocycles. The topological polar surface area (TPSA) is 56.7 Å². The van der Waals surface area contributed by atoms with Gasteiger partial charge in [0, 0.05) is 18.7 Å². The zero-order valence-corrected chi connectivity index (χ0v) is 12.7. The second-order valence-electron chi connectivity index (χ2n) is 6.21. The summed E-state index contributed by atoms with van der Waals surface area (Å²) in [5, 5.41) is 0. The average molecular weight is 272 g/mol. The largest absolute Gasteiger partial charge is 0.382 e. The number of rotatable bonds is 3. The van der Waals surface area contributed by atoms with Crippen molar-refractivity contribution in [2.24, 2.45) is 5.92 Å². The molecule has 108 valence electrons. The van der Waals surface area contributed by atoms with E-state index in [2.05, 4.69) is 30.3 Å². The Kier molecular flexibility index (Phi) is 3.40. The van der Waals surface area contributed by atoms with E-state index < -0.39 is 0 Å². The quantitative estimate of drug-likeness (QED) is 0.934. The van der Waals surface area contributed by atoms with Gasteiger partial charge in [-0.2, -0.15) is 0 Å². The number of pyridine rings is 1. The molecular formula is C16H24N4. The SMILES string of the molecule is CCc1nc2c(N)nc3c(c2n1CC(C)C)CCCC3. The van der Waals surface area contributed by atoms with Crippen LogP contribution in [0.15, 0.2) is 0 Å². The smallest absolute Gasteiger partial charge is 0.151 e. The zero-order chi connectivity index (χ0) is 14.3. The number of nitrogens with zero attached hydrogens (tertiary/aromatic N) is 3. The Morgan fingerprint density at radius 1 is 1.20 bits per heavy atom. The molecule has 0 fully saturated rings. The Bertz CT molecular complexity index is 640. The van der Waals surface area contributed by atoms with Crippen molar-refractivity contribution in [3.05, 3.63) is 17.1 Å². The van der Waals surface area contributed by atoms with Crippen LogP contribution in [0.1, 0.15) is 50.7 Å². The average Bonchev–Trinajstić information content (AvgIpc) is 2.78. The summed E-state index contributed by atoms with van der Waals surface area (Å²) in [6.45, 7) is 7.67. The van der Waals surface area contributed by atoms with E-state index in [-0.39, 0.29) is 0 Å². The maximum atomic E-state index is 6.16. The molecule has 4 heteroatoms. The van der Waals surface area contributed by atoms with Crippen LogP contribution in [0.2, 0.25) is 0 Å². The van der Waals surface area contributed by atoms with Gasteiger partial charge in [-0.3, -0.25) is 0 Å². The summed E-state index contributed by atoms with van der Waals surface area (Å²) in [4.78, 5) is 9.38. The van der Waals surface area contributed by atoms with Gasteiger partial charge >= 0.3 is 0 Å². The van der Waals surface area contributed by atoms with Gasteiger partial charge < -0.3 is 10.3 Å². The van der Waals surface area contributed by atoms with E-state index in [4.69, 9.17) is 10.7 Å². The molecule has 4 nitrogen and oxygen atoms in total. The first kappa shape index (κ1) is 13.4. The lowest BCUT2D eigenvalue weighted by molar-refractivity contribution is 0.516.